The van der Waals surface area contributed by atoms with Gasteiger partial charge in [-0.2, -0.15) is 0 Å². The molecule has 2 aliphatic rings. The SMILES string of the molecule is COCCN1C(=O)NC(c2cccs2)C2=C1COC2=O. The molecule has 3 heterocycles. The summed E-state index contributed by atoms with van der Waals surface area (Å²) in [6.07, 6.45) is 0. The maximum absolute atomic E-state index is 12.2. The summed E-state index contributed by atoms with van der Waals surface area (Å²) in [7, 11) is 1.57. The summed E-state index contributed by atoms with van der Waals surface area (Å²) in [5.41, 5.74) is 1.18. The molecule has 0 aliphatic carbocycles. The molecule has 0 bridgehead atoms. The van der Waals surface area contributed by atoms with Gasteiger partial charge in [-0.3, -0.25) is 4.90 Å². The molecule has 0 saturated heterocycles. The zero-order valence-corrected chi connectivity index (χ0v) is 11.7. The molecule has 0 spiro atoms. The third kappa shape index (κ3) is 2.08. The predicted octanol–water partition coefficient (Wildman–Crippen LogP) is 1.27. The van der Waals surface area contributed by atoms with Crippen LogP contribution in [0.2, 0.25) is 0 Å². The van der Waals surface area contributed by atoms with E-state index in [1.54, 1.807) is 7.11 Å². The van der Waals surface area contributed by atoms with Gasteiger partial charge in [0.15, 0.2) is 0 Å². The van der Waals surface area contributed by atoms with Crippen LogP contribution in [0.4, 0.5) is 4.79 Å². The summed E-state index contributed by atoms with van der Waals surface area (Å²) in [5.74, 6) is -0.360. The molecule has 2 aliphatic heterocycles. The van der Waals surface area contributed by atoms with Gasteiger partial charge in [0, 0.05) is 12.0 Å². The van der Waals surface area contributed by atoms with Gasteiger partial charge in [-0.25, -0.2) is 9.59 Å². The van der Waals surface area contributed by atoms with Crippen molar-refractivity contribution in [3.05, 3.63) is 33.7 Å². The molecule has 0 radical (unpaired) electrons. The quantitative estimate of drug-likeness (QED) is 0.849. The fourth-order valence-corrected chi connectivity index (χ4v) is 3.18. The van der Waals surface area contributed by atoms with Gasteiger partial charge in [-0.05, 0) is 11.4 Å². The number of methoxy groups -OCH3 is 1. The average molecular weight is 294 g/mol. The third-order valence-corrected chi connectivity index (χ3v) is 4.28. The smallest absolute Gasteiger partial charge is 0.338 e. The Bertz CT molecular complexity index is 567. The maximum atomic E-state index is 12.2. The summed E-state index contributed by atoms with van der Waals surface area (Å²) in [6.45, 7) is 0.949. The lowest BCUT2D eigenvalue weighted by atomic mass is 10.0. The van der Waals surface area contributed by atoms with Gasteiger partial charge in [0.25, 0.3) is 0 Å². The van der Waals surface area contributed by atoms with E-state index in [1.165, 1.54) is 16.2 Å². The molecule has 20 heavy (non-hydrogen) atoms. The Kier molecular flexibility index (Phi) is 3.45. The monoisotopic (exact) mass is 294 g/mol. The lowest BCUT2D eigenvalue weighted by molar-refractivity contribution is -0.136. The zero-order valence-electron chi connectivity index (χ0n) is 10.9. The highest BCUT2D eigenvalue weighted by molar-refractivity contribution is 7.10. The molecule has 0 fully saturated rings. The lowest BCUT2D eigenvalue weighted by Gasteiger charge is -2.32. The van der Waals surface area contributed by atoms with Crippen molar-refractivity contribution in [3.8, 4) is 0 Å². The van der Waals surface area contributed by atoms with E-state index in [9.17, 15) is 9.59 Å². The van der Waals surface area contributed by atoms with Crippen LogP contribution in [-0.4, -0.2) is 43.8 Å². The highest BCUT2D eigenvalue weighted by atomic mass is 32.1. The molecule has 1 unspecified atom stereocenters. The van der Waals surface area contributed by atoms with E-state index >= 15 is 0 Å². The molecule has 106 valence electrons. The normalized spacial score (nSPS) is 21.9. The summed E-state index contributed by atoms with van der Waals surface area (Å²) in [6, 6.07) is 3.16. The Labute approximate surface area is 120 Å². The van der Waals surface area contributed by atoms with Crippen molar-refractivity contribution in [2.24, 2.45) is 0 Å². The van der Waals surface area contributed by atoms with Gasteiger partial charge >= 0.3 is 12.0 Å². The lowest BCUT2D eigenvalue weighted by Crippen LogP contribution is -2.48. The first kappa shape index (κ1) is 13.1. The van der Waals surface area contributed by atoms with Crippen LogP contribution < -0.4 is 5.32 Å². The van der Waals surface area contributed by atoms with Crippen LogP contribution in [0.3, 0.4) is 0 Å². The molecule has 6 nitrogen and oxygen atoms in total. The number of carbonyl (C=O) groups excluding carboxylic acids is 2. The number of esters is 1. The maximum Gasteiger partial charge on any atom is 0.338 e. The third-order valence-electron chi connectivity index (χ3n) is 3.34. The predicted molar refractivity (Wildman–Crippen MR) is 72.2 cm³/mol. The number of amides is 2. The van der Waals surface area contributed by atoms with Crippen molar-refractivity contribution in [2.75, 3.05) is 26.9 Å². The first-order chi connectivity index (χ1) is 9.72. The number of ether oxygens (including phenoxy) is 2. The number of nitrogens with one attached hydrogen (secondary N) is 1. The Morgan fingerprint density at radius 3 is 3.10 bits per heavy atom. The number of thiophene rings is 1. The van der Waals surface area contributed by atoms with Crippen LogP contribution in [0.15, 0.2) is 28.8 Å². The highest BCUT2D eigenvalue weighted by Gasteiger charge is 2.42. The van der Waals surface area contributed by atoms with E-state index in [-0.39, 0.29) is 18.6 Å². The second-order valence-corrected chi connectivity index (χ2v) is 5.46. The standard InChI is InChI=1S/C13H14N2O4S/c1-18-5-4-15-8-7-19-12(16)10(8)11(14-13(15)17)9-3-2-6-20-9/h2-3,6,11H,4-5,7H2,1H3,(H,14,17). The first-order valence-corrected chi connectivity index (χ1v) is 7.11. The summed E-state index contributed by atoms with van der Waals surface area (Å²) < 4.78 is 10.1. The molecular formula is C13H14N2O4S. The second-order valence-electron chi connectivity index (χ2n) is 4.48. The number of nitrogens with zero attached hydrogens (tertiary/aromatic N) is 1. The van der Waals surface area contributed by atoms with E-state index in [4.69, 9.17) is 9.47 Å². The van der Waals surface area contributed by atoms with Gasteiger partial charge < -0.3 is 14.8 Å². The number of urea groups is 1. The number of carbonyl (C=O) groups is 2. The van der Waals surface area contributed by atoms with E-state index in [0.717, 1.165) is 4.88 Å². The molecule has 1 aromatic heterocycles. The van der Waals surface area contributed by atoms with E-state index in [2.05, 4.69) is 5.32 Å². The Hall–Kier alpha value is -1.86. The molecule has 0 saturated carbocycles. The summed E-state index contributed by atoms with van der Waals surface area (Å²) in [4.78, 5) is 26.6. The Morgan fingerprint density at radius 1 is 1.55 bits per heavy atom. The van der Waals surface area contributed by atoms with Crippen molar-refractivity contribution >= 4 is 23.3 Å². The van der Waals surface area contributed by atoms with Crippen LogP contribution in [0.1, 0.15) is 10.9 Å². The summed E-state index contributed by atoms with van der Waals surface area (Å²) >= 11 is 1.50. The minimum atomic E-state index is -0.411. The largest absolute Gasteiger partial charge is 0.456 e. The van der Waals surface area contributed by atoms with Crippen molar-refractivity contribution in [1.29, 1.82) is 0 Å². The molecular weight excluding hydrogens is 280 g/mol. The Balaban J connectivity index is 1.98. The topological polar surface area (TPSA) is 67.9 Å². The van der Waals surface area contributed by atoms with Crippen molar-refractivity contribution in [2.45, 2.75) is 6.04 Å². The molecule has 3 rings (SSSR count). The van der Waals surface area contributed by atoms with E-state index < -0.39 is 6.04 Å². The van der Waals surface area contributed by atoms with Crippen LogP contribution >= 0.6 is 11.3 Å². The minimum absolute atomic E-state index is 0.146. The van der Waals surface area contributed by atoms with Gasteiger partial charge in [-0.1, -0.05) is 6.07 Å². The molecule has 7 heteroatoms. The summed E-state index contributed by atoms with van der Waals surface area (Å²) in [5, 5.41) is 4.78. The van der Waals surface area contributed by atoms with Crippen LogP contribution in [0.5, 0.6) is 0 Å². The molecule has 0 aromatic carbocycles. The zero-order chi connectivity index (χ0) is 14.1. The van der Waals surface area contributed by atoms with Crippen molar-refractivity contribution in [3.63, 3.8) is 0 Å². The van der Waals surface area contributed by atoms with Crippen LogP contribution in [-0.2, 0) is 14.3 Å². The Morgan fingerprint density at radius 2 is 2.40 bits per heavy atom. The van der Waals surface area contributed by atoms with Gasteiger partial charge in [0.1, 0.15) is 6.61 Å². The van der Waals surface area contributed by atoms with Gasteiger partial charge in [-0.15, -0.1) is 11.3 Å². The first-order valence-electron chi connectivity index (χ1n) is 6.23. The van der Waals surface area contributed by atoms with Crippen LogP contribution in [0.25, 0.3) is 0 Å². The minimum Gasteiger partial charge on any atom is -0.456 e. The van der Waals surface area contributed by atoms with E-state index in [1.807, 2.05) is 17.5 Å². The van der Waals surface area contributed by atoms with Crippen molar-refractivity contribution in [1.82, 2.24) is 10.2 Å². The van der Waals surface area contributed by atoms with Crippen molar-refractivity contribution < 1.29 is 19.1 Å². The van der Waals surface area contributed by atoms with Gasteiger partial charge in [0.2, 0.25) is 0 Å². The number of cyclic esters (lactones) is 1. The fourth-order valence-electron chi connectivity index (χ4n) is 2.40. The molecule has 1 atom stereocenters. The average Bonchev–Trinajstić information content (AvgIpc) is 3.07. The fraction of sp³-hybridized carbons (Fsp3) is 0.385. The molecule has 2 amide bonds. The number of hydrogen-bond donors (Lipinski definition) is 1. The van der Waals surface area contributed by atoms with Crippen LogP contribution in [0, 0.1) is 0 Å². The van der Waals surface area contributed by atoms with E-state index in [0.29, 0.717) is 24.4 Å². The number of hydrogen-bond acceptors (Lipinski definition) is 5. The van der Waals surface area contributed by atoms with Gasteiger partial charge in [0.05, 0.1) is 30.5 Å². The highest BCUT2D eigenvalue weighted by Crippen LogP contribution is 2.36. The number of rotatable bonds is 4. The molecule has 1 aromatic rings. The second kappa shape index (κ2) is 5.26. The molecule has 1 N–H and O–H groups in total.